The molecule has 4 rings (SSSR count). The third-order valence-corrected chi connectivity index (χ3v) is 8.89. The lowest BCUT2D eigenvalue weighted by atomic mass is 9.85. The predicted molar refractivity (Wildman–Crippen MR) is 171 cm³/mol. The van der Waals surface area contributed by atoms with Crippen LogP contribution in [0.15, 0.2) is 24.3 Å². The van der Waals surface area contributed by atoms with Crippen LogP contribution in [0.2, 0.25) is 0 Å². The largest absolute Gasteiger partial charge is 0.493 e. The molecule has 2 aromatic rings. The van der Waals surface area contributed by atoms with Gasteiger partial charge in [-0.15, -0.1) is 0 Å². The van der Waals surface area contributed by atoms with Crippen LogP contribution in [0.5, 0.6) is 34.5 Å². The molecule has 0 amide bonds. The maximum atomic E-state index is 13.6. The highest BCUT2D eigenvalue weighted by Gasteiger charge is 2.41. The number of carbonyl (C=O) groups excluding carboxylic acids is 2. The number of ether oxygens (including phenoxy) is 8. The molecule has 2 aromatic carbocycles. The van der Waals surface area contributed by atoms with Crippen LogP contribution in [-0.2, 0) is 9.47 Å². The Labute approximate surface area is 271 Å². The molecular weight excluding hydrogens is 596 g/mol. The van der Waals surface area contributed by atoms with Gasteiger partial charge in [0.25, 0.3) is 0 Å². The maximum Gasteiger partial charge on any atom is 0.338 e. The number of hydrogen-bond donors (Lipinski definition) is 1. The first-order valence-corrected chi connectivity index (χ1v) is 15.8. The van der Waals surface area contributed by atoms with Gasteiger partial charge in [0.1, 0.15) is 12.2 Å². The molecule has 12 nitrogen and oxygen atoms in total. The fourth-order valence-electron chi connectivity index (χ4n) is 6.72. The summed E-state index contributed by atoms with van der Waals surface area (Å²) in [7, 11) is 9.04. The fraction of sp³-hybridized carbons (Fsp3) is 0.588. The predicted octanol–water partition coefficient (Wildman–Crippen LogP) is 4.64. The molecule has 2 saturated carbocycles. The van der Waals surface area contributed by atoms with Gasteiger partial charge < -0.3 is 43.6 Å². The van der Waals surface area contributed by atoms with E-state index in [4.69, 9.17) is 43.6 Å². The number of rotatable bonds is 14. The Kier molecular flexibility index (Phi) is 12.6. The number of methoxy groups -OCH3 is 6. The van der Waals surface area contributed by atoms with E-state index in [1.165, 1.54) is 42.7 Å². The molecule has 0 aromatic heterocycles. The second-order valence-electron chi connectivity index (χ2n) is 11.4. The van der Waals surface area contributed by atoms with Gasteiger partial charge in [0, 0.05) is 25.2 Å². The summed E-state index contributed by atoms with van der Waals surface area (Å²) in [5.41, 5.74) is 6.77. The minimum absolute atomic E-state index is 0.0891. The first-order valence-electron chi connectivity index (χ1n) is 15.8. The smallest absolute Gasteiger partial charge is 0.338 e. The van der Waals surface area contributed by atoms with Gasteiger partial charge in [-0.2, -0.15) is 0 Å². The van der Waals surface area contributed by atoms with Gasteiger partial charge in [-0.25, -0.2) is 9.59 Å². The van der Waals surface area contributed by atoms with Crippen molar-refractivity contribution in [3.8, 4) is 34.5 Å². The SMILES string of the molecule is COc1cc(C(=O)OC2CCCCC2N(CCN)C2CCCCC2OC(=O)c2cc(OC)c(OC)c(OC)c2)cc(OC)c1OC. The maximum absolute atomic E-state index is 13.6. The lowest BCUT2D eigenvalue weighted by molar-refractivity contribution is -0.0658. The highest BCUT2D eigenvalue weighted by atomic mass is 16.6. The van der Waals surface area contributed by atoms with E-state index in [1.807, 2.05) is 0 Å². The number of nitrogens with two attached hydrogens (primary N) is 1. The van der Waals surface area contributed by atoms with Crippen LogP contribution < -0.4 is 34.2 Å². The second-order valence-corrected chi connectivity index (χ2v) is 11.4. The summed E-state index contributed by atoms with van der Waals surface area (Å²) >= 11 is 0. The van der Waals surface area contributed by atoms with Gasteiger partial charge in [0.15, 0.2) is 23.0 Å². The van der Waals surface area contributed by atoms with Crippen LogP contribution in [-0.4, -0.2) is 96.9 Å². The Morgan fingerprint density at radius 3 is 1.26 bits per heavy atom. The van der Waals surface area contributed by atoms with E-state index in [9.17, 15) is 9.59 Å². The van der Waals surface area contributed by atoms with E-state index in [-0.39, 0.29) is 24.3 Å². The monoisotopic (exact) mass is 644 g/mol. The fourth-order valence-corrected chi connectivity index (χ4v) is 6.72. The first-order chi connectivity index (χ1) is 22.3. The minimum Gasteiger partial charge on any atom is -0.493 e. The van der Waals surface area contributed by atoms with Crippen molar-refractivity contribution >= 4 is 11.9 Å². The Bertz CT molecular complexity index is 1190. The highest BCUT2D eigenvalue weighted by molar-refractivity contribution is 5.92. The summed E-state index contributed by atoms with van der Waals surface area (Å²) in [6.07, 6.45) is 6.19. The average Bonchev–Trinajstić information content (AvgIpc) is 3.09. The molecule has 46 heavy (non-hydrogen) atoms. The van der Waals surface area contributed by atoms with Crippen molar-refractivity contribution in [3.05, 3.63) is 35.4 Å². The molecule has 0 aliphatic heterocycles. The number of benzene rings is 2. The van der Waals surface area contributed by atoms with Crippen LogP contribution in [0.25, 0.3) is 0 Å². The van der Waals surface area contributed by atoms with E-state index in [0.29, 0.717) is 71.6 Å². The number of hydrogen-bond acceptors (Lipinski definition) is 12. The van der Waals surface area contributed by atoms with Gasteiger partial charge in [0.05, 0.1) is 53.8 Å². The molecule has 0 saturated heterocycles. The highest BCUT2D eigenvalue weighted by Crippen LogP contribution is 2.40. The van der Waals surface area contributed by atoms with Crippen LogP contribution in [0.4, 0.5) is 0 Å². The van der Waals surface area contributed by atoms with Crippen molar-refractivity contribution in [2.24, 2.45) is 5.73 Å². The zero-order valence-corrected chi connectivity index (χ0v) is 27.8. The molecule has 254 valence electrons. The van der Waals surface area contributed by atoms with E-state index < -0.39 is 11.9 Å². The Morgan fingerprint density at radius 1 is 0.609 bits per heavy atom. The molecule has 2 fully saturated rings. The molecule has 12 heteroatoms. The van der Waals surface area contributed by atoms with Crippen molar-refractivity contribution in [2.75, 3.05) is 55.7 Å². The zero-order chi connectivity index (χ0) is 33.2. The van der Waals surface area contributed by atoms with Gasteiger partial charge in [-0.05, 0) is 62.8 Å². The van der Waals surface area contributed by atoms with Crippen LogP contribution in [0.3, 0.4) is 0 Å². The molecule has 2 aliphatic rings. The van der Waals surface area contributed by atoms with Crippen LogP contribution in [0.1, 0.15) is 72.1 Å². The lowest BCUT2D eigenvalue weighted by Gasteiger charge is -2.46. The summed E-state index contributed by atoms with van der Waals surface area (Å²) in [5, 5.41) is 0. The van der Waals surface area contributed by atoms with Gasteiger partial charge in [-0.1, -0.05) is 12.8 Å². The van der Waals surface area contributed by atoms with Crippen molar-refractivity contribution in [1.82, 2.24) is 4.90 Å². The number of carbonyl (C=O) groups is 2. The molecule has 0 radical (unpaired) electrons. The standard InChI is InChI=1S/C34H48N2O10/c1-39-27-17-21(18-28(40-2)31(27)43-5)33(37)45-25-13-9-7-11-23(25)36(16-15-35)24-12-8-10-14-26(24)46-34(38)22-19-29(41-3)32(44-6)30(20-22)42-4/h17-20,23-26H,7-16,35H2,1-6H3. The van der Waals surface area contributed by atoms with E-state index in [0.717, 1.165) is 38.5 Å². The van der Waals surface area contributed by atoms with Crippen LogP contribution >= 0.6 is 0 Å². The van der Waals surface area contributed by atoms with Gasteiger partial charge in [-0.3, -0.25) is 4.90 Å². The number of esters is 2. The number of nitrogens with zero attached hydrogens (tertiary/aromatic N) is 1. The molecule has 0 spiro atoms. The Balaban J connectivity index is 1.57. The molecule has 0 bridgehead atoms. The normalized spacial score (nSPS) is 21.2. The molecule has 4 unspecified atom stereocenters. The van der Waals surface area contributed by atoms with Crippen molar-refractivity contribution in [2.45, 2.75) is 75.7 Å². The molecule has 2 aliphatic carbocycles. The summed E-state index contributed by atoms with van der Waals surface area (Å²) < 4.78 is 45.0. The summed E-state index contributed by atoms with van der Waals surface area (Å²) in [6, 6.07) is 6.21. The molecule has 0 heterocycles. The molecule has 4 atom stereocenters. The van der Waals surface area contributed by atoms with E-state index >= 15 is 0 Å². The van der Waals surface area contributed by atoms with Crippen LogP contribution in [0, 0.1) is 0 Å². The quantitative estimate of drug-likeness (QED) is 0.287. The topological polar surface area (TPSA) is 137 Å². The molecule has 2 N–H and O–H groups in total. The van der Waals surface area contributed by atoms with E-state index in [1.54, 1.807) is 24.3 Å². The molecular formula is C34H48N2O10. The Morgan fingerprint density at radius 2 is 0.957 bits per heavy atom. The first kappa shape index (κ1) is 35.0. The lowest BCUT2D eigenvalue weighted by Crippen LogP contribution is -2.57. The summed E-state index contributed by atoms with van der Waals surface area (Å²) in [5.74, 6) is 1.34. The van der Waals surface area contributed by atoms with Gasteiger partial charge >= 0.3 is 11.9 Å². The van der Waals surface area contributed by atoms with Crippen molar-refractivity contribution < 1.29 is 47.5 Å². The third kappa shape index (κ3) is 7.72. The third-order valence-electron chi connectivity index (χ3n) is 8.89. The summed E-state index contributed by atoms with van der Waals surface area (Å²) in [4.78, 5) is 29.4. The van der Waals surface area contributed by atoms with Gasteiger partial charge in [0.2, 0.25) is 11.5 Å². The van der Waals surface area contributed by atoms with Crippen molar-refractivity contribution in [1.29, 1.82) is 0 Å². The zero-order valence-electron chi connectivity index (χ0n) is 27.8. The second kappa shape index (κ2) is 16.6. The average molecular weight is 645 g/mol. The summed E-state index contributed by atoms with van der Waals surface area (Å²) in [6.45, 7) is 0.986. The minimum atomic E-state index is -0.474. The van der Waals surface area contributed by atoms with Crippen molar-refractivity contribution in [3.63, 3.8) is 0 Å². The Hall–Kier alpha value is -3.90. The van der Waals surface area contributed by atoms with E-state index in [2.05, 4.69) is 4.90 Å².